The Kier molecular flexibility index (Phi) is 6.75. The Bertz CT molecular complexity index is 785. The molecule has 0 aromatic heterocycles. The van der Waals surface area contributed by atoms with Gasteiger partial charge in [0, 0.05) is 23.5 Å². The van der Waals surface area contributed by atoms with E-state index in [4.69, 9.17) is 10.5 Å². The fourth-order valence-electron chi connectivity index (χ4n) is 3.31. The van der Waals surface area contributed by atoms with Crippen molar-refractivity contribution in [1.82, 2.24) is 5.32 Å². The van der Waals surface area contributed by atoms with Gasteiger partial charge in [0.05, 0.1) is 6.61 Å². The van der Waals surface area contributed by atoms with Gasteiger partial charge < -0.3 is 20.7 Å². The number of ether oxygens (including phenoxy) is 1. The van der Waals surface area contributed by atoms with Crippen molar-refractivity contribution in [3.8, 4) is 0 Å². The number of carbonyl (C=O) groups is 3. The second-order valence-electron chi connectivity index (χ2n) is 7.20. The molecule has 2 fully saturated rings. The Hall–Kier alpha value is -2.59. The molecule has 3 rings (SSSR count). The van der Waals surface area contributed by atoms with Crippen molar-refractivity contribution in [3.05, 3.63) is 23.8 Å². The Morgan fingerprint density at radius 1 is 1.31 bits per heavy atom. The van der Waals surface area contributed by atoms with Crippen LogP contribution in [0.15, 0.2) is 18.2 Å². The third kappa shape index (κ3) is 5.07. The molecule has 0 radical (unpaired) electrons. The van der Waals surface area contributed by atoms with Crippen molar-refractivity contribution in [2.45, 2.75) is 31.7 Å². The summed E-state index contributed by atoms with van der Waals surface area (Å²) in [4.78, 5) is 37.4. The van der Waals surface area contributed by atoms with Crippen LogP contribution in [0.1, 0.15) is 31.3 Å². The van der Waals surface area contributed by atoms with Gasteiger partial charge in [-0.1, -0.05) is 6.42 Å². The van der Waals surface area contributed by atoms with E-state index >= 15 is 0 Å². The van der Waals surface area contributed by atoms with Gasteiger partial charge in [-0.25, -0.2) is 8.78 Å². The van der Waals surface area contributed by atoms with E-state index in [9.17, 15) is 23.2 Å². The maximum absolute atomic E-state index is 13.6. The highest BCUT2D eigenvalue weighted by molar-refractivity contribution is 6.10. The van der Waals surface area contributed by atoms with E-state index in [-0.39, 0.29) is 24.7 Å². The molecule has 1 aromatic rings. The fraction of sp³-hybridized carbons (Fsp3) is 0.526. The Morgan fingerprint density at radius 3 is 2.66 bits per heavy atom. The summed E-state index contributed by atoms with van der Waals surface area (Å²) in [5.74, 6) is -1.63. The molecule has 0 spiro atoms. The topological polar surface area (TPSA) is 114 Å². The number of rotatable bonds is 8. The van der Waals surface area contributed by atoms with Gasteiger partial charge in [0.25, 0.3) is 18.2 Å². The molecule has 1 saturated carbocycles. The lowest BCUT2D eigenvalue weighted by Crippen LogP contribution is -2.51. The van der Waals surface area contributed by atoms with Crippen LogP contribution in [-0.2, 0) is 19.1 Å². The number of nitrogens with two attached hydrogens (primary N) is 1. The monoisotopic (exact) mass is 410 g/mol. The van der Waals surface area contributed by atoms with Gasteiger partial charge in [-0.2, -0.15) is 0 Å². The lowest BCUT2D eigenvalue weighted by molar-refractivity contribution is -0.128. The molecule has 1 saturated heterocycles. The first-order valence-electron chi connectivity index (χ1n) is 9.50. The van der Waals surface area contributed by atoms with Gasteiger partial charge in [0.15, 0.2) is 6.04 Å². The molecule has 1 aliphatic heterocycles. The molecule has 10 heteroatoms. The van der Waals surface area contributed by atoms with Crippen LogP contribution in [0.2, 0.25) is 0 Å². The van der Waals surface area contributed by atoms with Crippen LogP contribution in [0.5, 0.6) is 0 Å². The lowest BCUT2D eigenvalue weighted by Gasteiger charge is -2.28. The van der Waals surface area contributed by atoms with Gasteiger partial charge in [0.1, 0.15) is 6.61 Å². The van der Waals surface area contributed by atoms with E-state index in [0.717, 1.165) is 25.3 Å². The molecule has 4 N–H and O–H groups in total. The van der Waals surface area contributed by atoms with Crippen molar-refractivity contribution in [2.24, 2.45) is 11.7 Å². The molecule has 1 atom stereocenters. The molecule has 1 aliphatic carbocycles. The first kappa shape index (κ1) is 21.1. The number of hydrogen-bond donors (Lipinski definition) is 3. The van der Waals surface area contributed by atoms with Crippen molar-refractivity contribution in [2.75, 3.05) is 36.5 Å². The van der Waals surface area contributed by atoms with Crippen molar-refractivity contribution in [1.29, 1.82) is 0 Å². The Morgan fingerprint density at radius 2 is 2.07 bits per heavy atom. The number of hydrogen-bond acceptors (Lipinski definition) is 5. The van der Waals surface area contributed by atoms with E-state index in [1.165, 1.54) is 17.0 Å². The van der Waals surface area contributed by atoms with Crippen LogP contribution in [-0.4, -0.2) is 50.1 Å². The maximum Gasteiger partial charge on any atom is 0.265 e. The number of carbonyl (C=O) groups excluding carboxylic acids is 3. The highest BCUT2D eigenvalue weighted by atomic mass is 19.3. The van der Waals surface area contributed by atoms with Crippen LogP contribution < -0.4 is 21.3 Å². The number of morpholine rings is 1. The average molecular weight is 410 g/mol. The molecule has 1 aromatic carbocycles. The highest BCUT2D eigenvalue weighted by Crippen LogP contribution is 2.32. The van der Waals surface area contributed by atoms with Crippen molar-refractivity contribution >= 4 is 29.1 Å². The van der Waals surface area contributed by atoms with E-state index in [1.807, 2.05) is 0 Å². The summed E-state index contributed by atoms with van der Waals surface area (Å²) < 4.78 is 32.2. The summed E-state index contributed by atoms with van der Waals surface area (Å²) in [6.45, 7) is 0.902. The summed E-state index contributed by atoms with van der Waals surface area (Å²) in [5.41, 5.74) is 5.02. The molecule has 8 nitrogen and oxygen atoms in total. The first-order chi connectivity index (χ1) is 13.9. The molecule has 3 amide bonds. The van der Waals surface area contributed by atoms with Crippen LogP contribution in [0, 0.1) is 5.92 Å². The zero-order chi connectivity index (χ0) is 21.0. The normalized spacial score (nSPS) is 18.4. The first-order valence-corrected chi connectivity index (χ1v) is 9.50. The number of benzene rings is 1. The molecule has 29 heavy (non-hydrogen) atoms. The molecule has 2 aliphatic rings. The second-order valence-corrected chi connectivity index (χ2v) is 7.20. The number of nitrogens with one attached hydrogen (secondary N) is 2. The molecule has 0 unspecified atom stereocenters. The van der Waals surface area contributed by atoms with Crippen LogP contribution >= 0.6 is 0 Å². The summed E-state index contributed by atoms with van der Waals surface area (Å²) in [6, 6.07) is 2.60. The number of anilines is 2. The number of halogens is 2. The largest absolute Gasteiger partial charge is 0.370 e. The van der Waals surface area contributed by atoms with Crippen molar-refractivity contribution in [3.63, 3.8) is 0 Å². The van der Waals surface area contributed by atoms with Crippen LogP contribution in [0.4, 0.5) is 20.2 Å². The van der Waals surface area contributed by atoms with Crippen LogP contribution in [0.25, 0.3) is 0 Å². The van der Waals surface area contributed by atoms with Gasteiger partial charge in [-0.3, -0.25) is 19.7 Å². The smallest absolute Gasteiger partial charge is 0.265 e. The number of amides is 3. The third-order valence-electron chi connectivity index (χ3n) is 5.21. The lowest BCUT2D eigenvalue weighted by atomic mass is 9.85. The highest BCUT2D eigenvalue weighted by Gasteiger charge is 2.28. The molecule has 1 heterocycles. The summed E-state index contributed by atoms with van der Waals surface area (Å²) in [7, 11) is 0. The predicted octanol–water partition coefficient (Wildman–Crippen LogP) is 1.17. The van der Waals surface area contributed by atoms with Gasteiger partial charge in [-0.05, 0) is 43.5 Å². The number of alkyl halides is 2. The fourth-order valence-corrected chi connectivity index (χ4v) is 3.31. The van der Waals surface area contributed by atoms with E-state index in [1.54, 1.807) is 0 Å². The molecule has 158 valence electrons. The van der Waals surface area contributed by atoms with E-state index in [2.05, 4.69) is 10.6 Å². The van der Waals surface area contributed by atoms with Crippen molar-refractivity contribution < 1.29 is 27.9 Å². The minimum atomic E-state index is -2.89. The zero-order valence-electron chi connectivity index (χ0n) is 15.8. The van der Waals surface area contributed by atoms with Gasteiger partial charge in [-0.15, -0.1) is 0 Å². The molecule has 0 bridgehead atoms. The second kappa shape index (κ2) is 9.27. The molecular weight excluding hydrogens is 386 g/mol. The zero-order valence-corrected chi connectivity index (χ0v) is 15.8. The minimum Gasteiger partial charge on any atom is -0.370 e. The number of primary amides is 1. The quantitative estimate of drug-likeness (QED) is 0.557. The number of nitrogens with zero attached hydrogens (tertiary/aromatic N) is 1. The average Bonchev–Trinajstić information content (AvgIpc) is 2.64. The van der Waals surface area contributed by atoms with E-state index in [0.29, 0.717) is 24.8 Å². The molecular formula is C19H24F2N4O4. The maximum atomic E-state index is 13.6. The van der Waals surface area contributed by atoms with E-state index < -0.39 is 29.8 Å². The van der Waals surface area contributed by atoms with Gasteiger partial charge in [0.2, 0.25) is 5.91 Å². The summed E-state index contributed by atoms with van der Waals surface area (Å²) in [6.07, 6.45) is 0.237. The minimum absolute atomic E-state index is 0.116. The Labute approximate surface area is 166 Å². The summed E-state index contributed by atoms with van der Waals surface area (Å²) >= 11 is 0. The van der Waals surface area contributed by atoms with Gasteiger partial charge >= 0.3 is 0 Å². The third-order valence-corrected chi connectivity index (χ3v) is 5.21. The predicted molar refractivity (Wildman–Crippen MR) is 102 cm³/mol. The SMILES string of the molecule is NC(=O)[C@H](NCC1CCC1)C(=O)Nc1ccc(N2CCOCC2=O)cc1C(F)F. The standard InChI is InChI=1S/C19H24F2N4O4/c20-17(21)13-8-12(25-6-7-29-10-15(25)26)4-5-14(13)24-19(28)16(18(22)27)23-9-11-2-1-3-11/h4-5,8,11,16-17,23H,1-3,6-7,9-10H2,(H2,22,27)(H,24,28)/t16-/m0/s1. The van der Waals surface area contributed by atoms with Crippen LogP contribution in [0.3, 0.4) is 0 Å². The Balaban J connectivity index is 1.74. The summed E-state index contributed by atoms with van der Waals surface area (Å²) in [5, 5.41) is 5.18.